The highest BCUT2D eigenvalue weighted by molar-refractivity contribution is 5.97. The minimum atomic E-state index is -0.863. The number of anilines is 1. The molecular weight excluding hydrogens is 446 g/mol. The maximum atomic E-state index is 13.3. The van der Waals surface area contributed by atoms with Crippen molar-refractivity contribution < 1.29 is 24.2 Å². The molecule has 0 aliphatic heterocycles. The van der Waals surface area contributed by atoms with Gasteiger partial charge in [-0.25, -0.2) is 0 Å². The van der Waals surface area contributed by atoms with Crippen molar-refractivity contribution in [2.45, 2.75) is 43.9 Å². The second-order valence-corrected chi connectivity index (χ2v) is 9.53. The summed E-state index contributed by atoms with van der Waals surface area (Å²) in [6, 6.07) is 13.1. The highest BCUT2D eigenvalue weighted by Gasteiger charge is 2.61. The Morgan fingerprint density at radius 2 is 2.03 bits per heavy atom. The Balaban J connectivity index is 1.48. The van der Waals surface area contributed by atoms with Crippen LogP contribution < -0.4 is 10.1 Å². The van der Waals surface area contributed by atoms with E-state index in [9.17, 15) is 19.6 Å². The number of nitrogens with zero attached hydrogens (tertiary/aromatic N) is 2. The number of carbonyl (C=O) groups excluding carboxylic acids is 2. The molecule has 0 heterocycles. The molecule has 1 saturated carbocycles. The molecule has 1 fully saturated rings. The molecule has 4 rings (SSSR count). The molecule has 2 aromatic carbocycles. The van der Waals surface area contributed by atoms with Gasteiger partial charge < -0.3 is 20.1 Å². The molecule has 2 N–H and O–H groups in total. The largest absolute Gasteiger partial charge is 0.484 e. The first-order valence-corrected chi connectivity index (χ1v) is 11.8. The summed E-state index contributed by atoms with van der Waals surface area (Å²) >= 11 is 0. The summed E-state index contributed by atoms with van der Waals surface area (Å²) in [4.78, 5) is 37.5. The van der Waals surface area contributed by atoms with Crippen LogP contribution in [-0.4, -0.2) is 48.5 Å². The molecular formula is C27H29N3O5. The normalized spacial score (nSPS) is 19.5. The number of nitriles is 1. The van der Waals surface area contributed by atoms with Crippen LogP contribution in [-0.2, 0) is 32.6 Å². The van der Waals surface area contributed by atoms with E-state index in [4.69, 9.17) is 9.84 Å². The van der Waals surface area contributed by atoms with Crippen molar-refractivity contribution in [1.29, 1.82) is 5.26 Å². The standard InChI is InChI=1S/C27H29N3O5/c1-30(2)24(31)16-35-20-9-8-18-10-11-27(21(18)13-20)14-22(27)26(34)29-23-12-17(15-28)6-7-19(23)4-3-5-25(32)33/h6-9,12-13,22H,3-5,10-11,14,16H2,1-2H3,(H,29,34)(H,32,33)/t22-,27-/m0/s1. The van der Waals surface area contributed by atoms with E-state index in [2.05, 4.69) is 11.4 Å². The van der Waals surface area contributed by atoms with Gasteiger partial charge in [0.2, 0.25) is 5.91 Å². The van der Waals surface area contributed by atoms with E-state index in [1.165, 1.54) is 10.5 Å². The second-order valence-electron chi connectivity index (χ2n) is 9.53. The van der Waals surface area contributed by atoms with E-state index >= 15 is 0 Å². The number of aryl methyl sites for hydroxylation is 2. The van der Waals surface area contributed by atoms with Gasteiger partial charge in [0.15, 0.2) is 6.61 Å². The zero-order valence-electron chi connectivity index (χ0n) is 20.0. The number of rotatable bonds is 9. The van der Waals surface area contributed by atoms with Crippen LogP contribution in [0.4, 0.5) is 5.69 Å². The van der Waals surface area contributed by atoms with Gasteiger partial charge in [-0.3, -0.25) is 14.4 Å². The van der Waals surface area contributed by atoms with Crippen molar-refractivity contribution in [3.8, 4) is 11.8 Å². The lowest BCUT2D eigenvalue weighted by atomic mass is 9.94. The van der Waals surface area contributed by atoms with E-state index in [0.29, 0.717) is 29.8 Å². The van der Waals surface area contributed by atoms with Gasteiger partial charge in [0.25, 0.3) is 5.91 Å². The Labute approximate surface area is 204 Å². The van der Waals surface area contributed by atoms with Crippen molar-refractivity contribution in [3.05, 3.63) is 58.7 Å². The molecule has 2 atom stereocenters. The van der Waals surface area contributed by atoms with Gasteiger partial charge in [-0.2, -0.15) is 5.26 Å². The summed E-state index contributed by atoms with van der Waals surface area (Å²) in [6.07, 6.45) is 3.49. The van der Waals surface area contributed by atoms with Gasteiger partial charge in [0.05, 0.1) is 11.6 Å². The predicted octanol–water partition coefficient (Wildman–Crippen LogP) is 3.28. The Kier molecular flexibility index (Phi) is 6.79. The van der Waals surface area contributed by atoms with Gasteiger partial charge in [-0.15, -0.1) is 0 Å². The second kappa shape index (κ2) is 9.79. The maximum absolute atomic E-state index is 13.3. The lowest BCUT2D eigenvalue weighted by molar-refractivity contribution is -0.137. The average Bonchev–Trinajstić information content (AvgIpc) is 3.46. The molecule has 0 radical (unpaired) electrons. The number of hydrogen-bond acceptors (Lipinski definition) is 5. The molecule has 2 aliphatic rings. The molecule has 2 amide bonds. The lowest BCUT2D eigenvalue weighted by Crippen LogP contribution is -2.27. The number of carboxylic acid groups (broad SMARTS) is 1. The minimum absolute atomic E-state index is 0.0391. The summed E-state index contributed by atoms with van der Waals surface area (Å²) < 4.78 is 5.70. The van der Waals surface area contributed by atoms with Crippen LogP contribution in [0.1, 0.15) is 47.9 Å². The summed E-state index contributed by atoms with van der Waals surface area (Å²) in [7, 11) is 3.36. The fourth-order valence-electron chi connectivity index (χ4n) is 4.95. The van der Waals surface area contributed by atoms with Gasteiger partial charge in [-0.1, -0.05) is 12.1 Å². The summed E-state index contributed by atoms with van der Waals surface area (Å²) in [6.45, 7) is -0.0391. The highest BCUT2D eigenvalue weighted by atomic mass is 16.5. The highest BCUT2D eigenvalue weighted by Crippen LogP contribution is 2.62. The first-order chi connectivity index (χ1) is 16.7. The van der Waals surface area contributed by atoms with Crippen molar-refractivity contribution in [2.24, 2.45) is 5.92 Å². The van der Waals surface area contributed by atoms with Crippen LogP contribution in [0.2, 0.25) is 0 Å². The van der Waals surface area contributed by atoms with Crippen LogP contribution in [0.25, 0.3) is 0 Å². The smallest absolute Gasteiger partial charge is 0.303 e. The predicted molar refractivity (Wildman–Crippen MR) is 129 cm³/mol. The Bertz CT molecular complexity index is 1220. The molecule has 0 saturated heterocycles. The average molecular weight is 476 g/mol. The zero-order chi connectivity index (χ0) is 25.2. The van der Waals surface area contributed by atoms with Crippen LogP contribution in [0, 0.1) is 17.2 Å². The Morgan fingerprint density at radius 1 is 1.23 bits per heavy atom. The fraction of sp³-hybridized carbons (Fsp3) is 0.407. The van der Waals surface area contributed by atoms with Gasteiger partial charge >= 0.3 is 5.97 Å². The van der Waals surface area contributed by atoms with Gasteiger partial charge in [0.1, 0.15) is 5.75 Å². The van der Waals surface area contributed by atoms with Gasteiger partial charge in [-0.05, 0) is 73.1 Å². The molecule has 182 valence electrons. The van der Waals surface area contributed by atoms with Crippen LogP contribution in [0.5, 0.6) is 5.75 Å². The molecule has 35 heavy (non-hydrogen) atoms. The quantitative estimate of drug-likeness (QED) is 0.574. The molecule has 2 aliphatic carbocycles. The molecule has 0 unspecified atom stereocenters. The molecule has 8 heteroatoms. The first kappa shape index (κ1) is 24.3. The number of likely N-dealkylation sites (N-methyl/N-ethyl adjacent to an activating group) is 1. The number of fused-ring (bicyclic) bond motifs is 2. The third-order valence-corrected chi connectivity index (χ3v) is 7.04. The van der Waals surface area contributed by atoms with Crippen molar-refractivity contribution >= 4 is 23.5 Å². The maximum Gasteiger partial charge on any atom is 0.303 e. The number of benzene rings is 2. The van der Waals surface area contributed by atoms with E-state index in [1.807, 2.05) is 18.2 Å². The SMILES string of the molecule is CN(C)C(=O)COc1ccc2c(c1)[C@]1(CC2)C[C@H]1C(=O)Nc1cc(C#N)ccc1CCCC(=O)O. The van der Waals surface area contributed by atoms with Crippen LogP contribution in [0.15, 0.2) is 36.4 Å². The molecule has 0 bridgehead atoms. The van der Waals surface area contributed by atoms with E-state index in [0.717, 1.165) is 30.4 Å². The summed E-state index contributed by atoms with van der Waals surface area (Å²) in [5.74, 6) is -0.656. The number of hydrogen-bond donors (Lipinski definition) is 2. The zero-order valence-corrected chi connectivity index (χ0v) is 20.0. The van der Waals surface area contributed by atoms with E-state index in [-0.39, 0.29) is 36.2 Å². The first-order valence-electron chi connectivity index (χ1n) is 11.8. The molecule has 1 spiro atoms. The number of carboxylic acids is 1. The van der Waals surface area contributed by atoms with E-state index < -0.39 is 5.97 Å². The van der Waals surface area contributed by atoms with Crippen LogP contribution >= 0.6 is 0 Å². The fourth-order valence-corrected chi connectivity index (χ4v) is 4.95. The Hall–Kier alpha value is -3.86. The number of amides is 2. The number of nitrogens with one attached hydrogen (secondary N) is 1. The van der Waals surface area contributed by atoms with Crippen molar-refractivity contribution in [1.82, 2.24) is 4.90 Å². The number of carbonyl (C=O) groups is 3. The monoisotopic (exact) mass is 475 g/mol. The van der Waals surface area contributed by atoms with Gasteiger partial charge in [0, 0.05) is 37.5 Å². The summed E-state index contributed by atoms with van der Waals surface area (Å²) in [5, 5.41) is 21.2. The third-order valence-electron chi connectivity index (χ3n) is 7.04. The summed E-state index contributed by atoms with van der Waals surface area (Å²) in [5.41, 5.74) is 3.90. The molecule has 0 aromatic heterocycles. The van der Waals surface area contributed by atoms with Crippen molar-refractivity contribution in [2.75, 3.05) is 26.0 Å². The minimum Gasteiger partial charge on any atom is -0.484 e. The topological polar surface area (TPSA) is 120 Å². The third kappa shape index (κ3) is 5.14. The molecule has 2 aromatic rings. The van der Waals surface area contributed by atoms with Crippen molar-refractivity contribution in [3.63, 3.8) is 0 Å². The number of ether oxygens (including phenoxy) is 1. The number of aliphatic carboxylic acids is 1. The molecule has 8 nitrogen and oxygen atoms in total. The van der Waals surface area contributed by atoms with E-state index in [1.54, 1.807) is 32.3 Å². The Morgan fingerprint density at radius 3 is 2.74 bits per heavy atom. The van der Waals surface area contributed by atoms with Crippen LogP contribution in [0.3, 0.4) is 0 Å². The lowest BCUT2D eigenvalue weighted by Gasteiger charge is -2.16.